The van der Waals surface area contributed by atoms with E-state index < -0.39 is 12.2 Å². The van der Waals surface area contributed by atoms with Gasteiger partial charge in [0.15, 0.2) is 6.17 Å². The number of hydrogen-bond acceptors (Lipinski definition) is 2. The van der Waals surface area contributed by atoms with Gasteiger partial charge in [0, 0.05) is 0 Å². The van der Waals surface area contributed by atoms with E-state index in [0.29, 0.717) is 0 Å². The molecule has 1 fully saturated rings. The second-order valence-corrected chi connectivity index (χ2v) is 1.90. The molecule has 0 aliphatic carbocycles. The fourth-order valence-corrected chi connectivity index (χ4v) is 0.633. The third kappa shape index (κ3) is 1.19. The normalized spacial score (nSPS) is 28.3. The molecule has 1 aliphatic rings. The van der Waals surface area contributed by atoms with E-state index in [-0.39, 0.29) is 13.2 Å². The molecule has 0 aromatic heterocycles. The van der Waals surface area contributed by atoms with Gasteiger partial charge >= 0.3 is 6.04 Å². The summed E-state index contributed by atoms with van der Waals surface area (Å²) in [7, 11) is 0. The Balaban J connectivity index is 2.51. The first-order valence-electron chi connectivity index (χ1n) is 2.76. The van der Waals surface area contributed by atoms with Crippen LogP contribution in [0.15, 0.2) is 0 Å². The molecule has 54 valence electrons. The van der Waals surface area contributed by atoms with Crippen LogP contribution in [0.25, 0.3) is 0 Å². The van der Waals surface area contributed by atoms with Gasteiger partial charge in [0.1, 0.15) is 0 Å². The van der Waals surface area contributed by atoms with Crippen LogP contribution < -0.4 is 0 Å². The number of halogens is 2. The minimum atomic E-state index is -2.47. The summed E-state index contributed by atoms with van der Waals surface area (Å²) in [5, 5.41) is 0. The van der Waals surface area contributed by atoms with Crippen molar-refractivity contribution in [1.29, 1.82) is 0 Å². The Bertz CT molecular complexity index is 99.1. The third-order valence-electron chi connectivity index (χ3n) is 1.16. The van der Waals surface area contributed by atoms with Crippen molar-refractivity contribution < 1.29 is 18.3 Å². The molecular formula is C5H8F2O2. The first kappa shape index (κ1) is 6.89. The maximum absolute atomic E-state index is 12.6. The highest BCUT2D eigenvalue weighted by Crippen LogP contribution is 2.26. The van der Waals surface area contributed by atoms with Crippen molar-refractivity contribution in [2.45, 2.75) is 19.1 Å². The second kappa shape index (κ2) is 2.19. The zero-order valence-electron chi connectivity index (χ0n) is 5.06. The lowest BCUT2D eigenvalue weighted by molar-refractivity contribution is -0.284. The molecule has 0 spiro atoms. The van der Waals surface area contributed by atoms with Gasteiger partial charge < -0.3 is 9.47 Å². The molecule has 0 N–H and O–H groups in total. The van der Waals surface area contributed by atoms with Crippen LogP contribution in [0.3, 0.4) is 0 Å². The molecule has 4 heteroatoms. The van der Waals surface area contributed by atoms with Crippen molar-refractivity contribution in [3.63, 3.8) is 0 Å². The minimum Gasteiger partial charge on any atom is -0.319 e. The fraction of sp³-hybridized carbons (Fsp3) is 1.00. The van der Waals surface area contributed by atoms with Crippen molar-refractivity contribution in [2.24, 2.45) is 0 Å². The summed E-state index contributed by atoms with van der Waals surface area (Å²) in [6.07, 6.45) is -1.72. The van der Waals surface area contributed by atoms with E-state index in [0.717, 1.165) is 6.92 Å². The van der Waals surface area contributed by atoms with Crippen LogP contribution in [0.5, 0.6) is 0 Å². The SMILES string of the molecule is CC(F)C1(F)OCCO1. The van der Waals surface area contributed by atoms with Crippen LogP contribution in [-0.4, -0.2) is 25.4 Å². The lowest BCUT2D eigenvalue weighted by Gasteiger charge is -2.17. The average molecular weight is 138 g/mol. The summed E-state index contributed by atoms with van der Waals surface area (Å²) in [5.41, 5.74) is 0. The fourth-order valence-electron chi connectivity index (χ4n) is 0.633. The van der Waals surface area contributed by atoms with E-state index in [1.54, 1.807) is 0 Å². The van der Waals surface area contributed by atoms with Gasteiger partial charge in [-0.25, -0.2) is 4.39 Å². The zero-order chi connectivity index (χ0) is 6.91. The van der Waals surface area contributed by atoms with Crippen molar-refractivity contribution in [3.05, 3.63) is 0 Å². The molecule has 0 bridgehead atoms. The standard InChI is InChI=1S/C5H8F2O2/c1-4(6)5(7)8-2-3-9-5/h4H,2-3H2,1H3. The van der Waals surface area contributed by atoms with Crippen LogP contribution in [-0.2, 0) is 9.47 Å². The molecule has 9 heavy (non-hydrogen) atoms. The summed E-state index contributed by atoms with van der Waals surface area (Å²) in [6.45, 7) is 1.32. The van der Waals surface area contributed by atoms with Crippen molar-refractivity contribution in [1.82, 2.24) is 0 Å². The lowest BCUT2D eigenvalue weighted by atomic mass is 10.4. The summed E-state index contributed by atoms with van der Waals surface area (Å²) in [6, 6.07) is -2.47. The molecule has 2 nitrogen and oxygen atoms in total. The van der Waals surface area contributed by atoms with E-state index in [1.165, 1.54) is 0 Å². The predicted molar refractivity (Wildman–Crippen MR) is 26.3 cm³/mol. The van der Waals surface area contributed by atoms with Gasteiger partial charge in [-0.2, -0.15) is 4.39 Å². The van der Waals surface area contributed by atoms with Gasteiger partial charge in [-0.15, -0.1) is 0 Å². The van der Waals surface area contributed by atoms with Crippen LogP contribution in [0.2, 0.25) is 0 Å². The van der Waals surface area contributed by atoms with Gasteiger partial charge in [-0.3, -0.25) is 0 Å². The molecule has 1 rings (SSSR count). The minimum absolute atomic E-state index is 0.130. The third-order valence-corrected chi connectivity index (χ3v) is 1.16. The van der Waals surface area contributed by atoms with Crippen molar-refractivity contribution in [3.8, 4) is 0 Å². The Labute approximate surface area is 51.8 Å². The van der Waals surface area contributed by atoms with Gasteiger partial charge in [-0.05, 0) is 6.92 Å². The summed E-state index contributed by atoms with van der Waals surface area (Å²) in [4.78, 5) is 0. The molecule has 0 saturated carbocycles. The smallest absolute Gasteiger partial charge is 0.319 e. The molecular weight excluding hydrogens is 130 g/mol. The highest BCUT2D eigenvalue weighted by atomic mass is 19.2. The Morgan fingerprint density at radius 3 is 2.11 bits per heavy atom. The number of rotatable bonds is 1. The molecule has 1 saturated heterocycles. The quantitative estimate of drug-likeness (QED) is 0.538. The molecule has 0 aromatic carbocycles. The average Bonchev–Trinajstić information content (AvgIpc) is 2.16. The summed E-state index contributed by atoms with van der Waals surface area (Å²) in [5.74, 6) is 0. The topological polar surface area (TPSA) is 18.5 Å². The second-order valence-electron chi connectivity index (χ2n) is 1.90. The van der Waals surface area contributed by atoms with Gasteiger partial charge in [0.25, 0.3) is 0 Å². The Morgan fingerprint density at radius 2 is 1.89 bits per heavy atom. The molecule has 0 aromatic rings. The van der Waals surface area contributed by atoms with E-state index in [1.807, 2.05) is 0 Å². The highest BCUT2D eigenvalue weighted by molar-refractivity contribution is 4.67. The van der Waals surface area contributed by atoms with Crippen molar-refractivity contribution in [2.75, 3.05) is 13.2 Å². The Morgan fingerprint density at radius 1 is 1.44 bits per heavy atom. The van der Waals surface area contributed by atoms with Gasteiger partial charge in [-0.1, -0.05) is 0 Å². The van der Waals surface area contributed by atoms with Crippen molar-refractivity contribution >= 4 is 0 Å². The summed E-state index contributed by atoms with van der Waals surface area (Å²) >= 11 is 0. The molecule has 0 amide bonds. The predicted octanol–water partition coefficient (Wildman–Crippen LogP) is 1.01. The molecule has 1 atom stereocenters. The van der Waals surface area contributed by atoms with Crippen LogP contribution in [0, 0.1) is 0 Å². The number of hydrogen-bond donors (Lipinski definition) is 0. The molecule has 1 heterocycles. The zero-order valence-corrected chi connectivity index (χ0v) is 5.06. The van der Waals surface area contributed by atoms with Gasteiger partial charge in [0.05, 0.1) is 13.2 Å². The number of alkyl halides is 2. The monoisotopic (exact) mass is 138 g/mol. The highest BCUT2D eigenvalue weighted by Gasteiger charge is 2.43. The summed E-state index contributed by atoms with van der Waals surface area (Å²) < 4.78 is 33.5. The van der Waals surface area contributed by atoms with Crippen LogP contribution in [0.4, 0.5) is 8.78 Å². The first-order valence-corrected chi connectivity index (χ1v) is 2.76. The van der Waals surface area contributed by atoms with E-state index in [9.17, 15) is 8.78 Å². The van der Waals surface area contributed by atoms with Crippen LogP contribution >= 0.6 is 0 Å². The molecule has 1 unspecified atom stereocenters. The van der Waals surface area contributed by atoms with E-state index >= 15 is 0 Å². The maximum Gasteiger partial charge on any atom is 0.352 e. The first-order chi connectivity index (χ1) is 4.15. The molecule has 0 radical (unpaired) electrons. The molecule has 1 aliphatic heterocycles. The Kier molecular flexibility index (Phi) is 1.68. The lowest BCUT2D eigenvalue weighted by Crippen LogP contribution is -2.33. The Hall–Kier alpha value is -0.220. The van der Waals surface area contributed by atoms with E-state index in [4.69, 9.17) is 0 Å². The van der Waals surface area contributed by atoms with Crippen LogP contribution in [0.1, 0.15) is 6.92 Å². The largest absolute Gasteiger partial charge is 0.352 e. The van der Waals surface area contributed by atoms with E-state index in [2.05, 4.69) is 9.47 Å². The maximum atomic E-state index is 12.6. The van der Waals surface area contributed by atoms with Gasteiger partial charge in [0.2, 0.25) is 0 Å². The number of ether oxygens (including phenoxy) is 2.